The monoisotopic (exact) mass is 410 g/mol. The smallest absolute Gasteiger partial charge is 0.274 e. The highest BCUT2D eigenvalue weighted by molar-refractivity contribution is 6.34. The van der Waals surface area contributed by atoms with Crippen LogP contribution in [0.2, 0.25) is 10.0 Å². The normalized spacial score (nSPS) is 12.5. The molecule has 3 N–H and O–H groups in total. The summed E-state index contributed by atoms with van der Waals surface area (Å²) in [5, 5.41) is 28.4. The summed E-state index contributed by atoms with van der Waals surface area (Å²) < 4.78 is 0. The van der Waals surface area contributed by atoms with Crippen LogP contribution in [0.25, 0.3) is 0 Å². The Kier molecular flexibility index (Phi) is 7.84. The molecule has 0 aliphatic rings. The second kappa shape index (κ2) is 10.1. The van der Waals surface area contributed by atoms with Gasteiger partial charge in [-0.05, 0) is 30.7 Å². The van der Waals surface area contributed by atoms with Gasteiger partial charge in [-0.2, -0.15) is 0 Å². The molecule has 0 aliphatic carbocycles. The molecule has 1 atom stereocenters. The molecule has 0 radical (unpaired) electrons. The van der Waals surface area contributed by atoms with Crippen LogP contribution in [0.3, 0.4) is 0 Å². The number of aliphatic hydroxyl groups is 1. The van der Waals surface area contributed by atoms with Gasteiger partial charge in [-0.25, -0.2) is 4.99 Å². The number of nitrogens with one attached hydrogen (secondary N) is 2. The maximum Gasteiger partial charge on any atom is 0.274 e. The lowest BCUT2D eigenvalue weighted by Crippen LogP contribution is -2.39. The van der Waals surface area contributed by atoms with Crippen LogP contribution in [0.5, 0.6) is 0 Å². The molecule has 9 heteroatoms. The number of hydrogen-bond donors (Lipinski definition) is 3. The molecule has 0 amide bonds. The molecule has 0 heterocycles. The van der Waals surface area contributed by atoms with Crippen molar-refractivity contribution in [3.8, 4) is 0 Å². The van der Waals surface area contributed by atoms with E-state index < -0.39 is 11.0 Å². The van der Waals surface area contributed by atoms with Crippen LogP contribution in [0.4, 0.5) is 5.69 Å². The van der Waals surface area contributed by atoms with Crippen LogP contribution >= 0.6 is 23.2 Å². The molecule has 0 aromatic heterocycles. The minimum Gasteiger partial charge on any atom is -0.387 e. The molecule has 0 fully saturated rings. The summed E-state index contributed by atoms with van der Waals surface area (Å²) in [6.07, 6.45) is -0.851. The van der Waals surface area contributed by atoms with E-state index in [1.807, 2.05) is 6.92 Å². The third-order valence-corrected chi connectivity index (χ3v) is 4.11. The Labute approximate surface area is 167 Å². The van der Waals surface area contributed by atoms with Crippen molar-refractivity contribution in [2.45, 2.75) is 19.6 Å². The molecule has 7 nitrogen and oxygen atoms in total. The van der Waals surface area contributed by atoms with E-state index in [1.165, 1.54) is 6.07 Å². The number of benzene rings is 2. The second-order valence-corrected chi connectivity index (χ2v) is 6.55. The fraction of sp³-hybridized carbons (Fsp3) is 0.278. The van der Waals surface area contributed by atoms with Gasteiger partial charge in [-0.15, -0.1) is 0 Å². The first-order valence-electron chi connectivity index (χ1n) is 8.29. The quantitative estimate of drug-likeness (QED) is 0.279. The van der Waals surface area contributed by atoms with Gasteiger partial charge < -0.3 is 15.7 Å². The zero-order valence-electron chi connectivity index (χ0n) is 14.7. The Morgan fingerprint density at radius 1 is 1.22 bits per heavy atom. The lowest BCUT2D eigenvalue weighted by atomic mass is 10.1. The van der Waals surface area contributed by atoms with Crippen LogP contribution in [0, 0.1) is 10.1 Å². The zero-order valence-corrected chi connectivity index (χ0v) is 16.2. The fourth-order valence-electron chi connectivity index (χ4n) is 2.41. The number of aliphatic hydroxyl groups excluding tert-OH is 1. The van der Waals surface area contributed by atoms with Crippen molar-refractivity contribution in [1.82, 2.24) is 10.6 Å². The minimum atomic E-state index is -0.851. The fourth-order valence-corrected chi connectivity index (χ4v) is 2.95. The Hall–Kier alpha value is -2.35. The lowest BCUT2D eigenvalue weighted by Gasteiger charge is -2.16. The highest BCUT2D eigenvalue weighted by atomic mass is 35.5. The predicted octanol–water partition coefficient (Wildman–Crippen LogP) is 3.69. The maximum absolute atomic E-state index is 11.1. The van der Waals surface area contributed by atoms with Gasteiger partial charge in [-0.1, -0.05) is 41.4 Å². The van der Waals surface area contributed by atoms with Gasteiger partial charge in [0.25, 0.3) is 5.69 Å². The first-order chi connectivity index (χ1) is 12.9. The van der Waals surface area contributed by atoms with Crippen molar-refractivity contribution in [2.24, 2.45) is 4.99 Å². The molecule has 0 spiro atoms. The Bertz CT molecular complexity index is 810. The van der Waals surface area contributed by atoms with Gasteiger partial charge in [0.15, 0.2) is 5.96 Å². The summed E-state index contributed by atoms with van der Waals surface area (Å²) >= 11 is 11.9. The molecule has 144 valence electrons. The number of nitrogens with zero attached hydrogens (tertiary/aromatic N) is 2. The van der Waals surface area contributed by atoms with Gasteiger partial charge in [0.2, 0.25) is 0 Å². The lowest BCUT2D eigenvalue weighted by molar-refractivity contribution is -0.385. The highest BCUT2D eigenvalue weighted by Gasteiger charge is 2.13. The second-order valence-electron chi connectivity index (χ2n) is 5.68. The van der Waals surface area contributed by atoms with E-state index >= 15 is 0 Å². The van der Waals surface area contributed by atoms with Crippen LogP contribution in [-0.2, 0) is 6.54 Å². The third-order valence-electron chi connectivity index (χ3n) is 3.67. The van der Waals surface area contributed by atoms with Crippen molar-refractivity contribution >= 4 is 34.8 Å². The number of nitro groups is 1. The standard InChI is InChI=1S/C18H20Cl2N4O3/c1-2-21-18(22-10-12-5-3-4-6-16(12)24(26)27)23-11-17(25)13-7-14(19)9-15(20)8-13/h3-9,17,25H,2,10-11H2,1H3,(H2,21,22,23). The van der Waals surface area contributed by atoms with E-state index in [0.29, 0.717) is 33.7 Å². The maximum atomic E-state index is 11.1. The van der Waals surface area contributed by atoms with Gasteiger partial charge >= 0.3 is 0 Å². The molecular weight excluding hydrogens is 391 g/mol. The number of halogens is 2. The van der Waals surface area contributed by atoms with Gasteiger partial charge in [0.05, 0.1) is 23.1 Å². The Morgan fingerprint density at radius 3 is 2.52 bits per heavy atom. The molecule has 2 aromatic carbocycles. The molecule has 27 heavy (non-hydrogen) atoms. The van der Waals surface area contributed by atoms with Crippen LogP contribution in [0.15, 0.2) is 47.5 Å². The Morgan fingerprint density at radius 2 is 1.89 bits per heavy atom. The minimum absolute atomic E-state index is 0.0192. The van der Waals surface area contributed by atoms with Gasteiger partial charge in [0.1, 0.15) is 0 Å². The van der Waals surface area contributed by atoms with E-state index in [2.05, 4.69) is 15.6 Å². The molecule has 2 aromatic rings. The van der Waals surface area contributed by atoms with Crippen molar-refractivity contribution in [2.75, 3.05) is 13.1 Å². The summed E-state index contributed by atoms with van der Waals surface area (Å²) in [6, 6.07) is 11.3. The molecule has 1 unspecified atom stereocenters. The molecule has 0 bridgehead atoms. The summed E-state index contributed by atoms with van der Waals surface area (Å²) in [5.74, 6) is 0.433. The largest absolute Gasteiger partial charge is 0.387 e. The van der Waals surface area contributed by atoms with E-state index in [1.54, 1.807) is 36.4 Å². The SMILES string of the molecule is CCNC(=NCc1ccccc1[N+](=O)[O-])NCC(O)c1cc(Cl)cc(Cl)c1. The summed E-state index contributed by atoms with van der Waals surface area (Å²) in [5.41, 5.74) is 1.10. The third kappa shape index (κ3) is 6.39. The molecule has 2 rings (SSSR count). The summed E-state index contributed by atoms with van der Waals surface area (Å²) in [7, 11) is 0. The van der Waals surface area contributed by atoms with Gasteiger partial charge in [0, 0.05) is 29.2 Å². The predicted molar refractivity (Wildman–Crippen MR) is 107 cm³/mol. The van der Waals surface area contributed by atoms with Crippen LogP contribution < -0.4 is 10.6 Å². The summed E-state index contributed by atoms with van der Waals surface area (Å²) in [4.78, 5) is 15.0. The van der Waals surface area contributed by atoms with E-state index in [9.17, 15) is 15.2 Å². The first kappa shape index (κ1) is 21.0. The average Bonchev–Trinajstić information content (AvgIpc) is 2.63. The first-order valence-corrected chi connectivity index (χ1v) is 9.04. The molecule has 0 aliphatic heterocycles. The Balaban J connectivity index is 2.06. The number of para-hydroxylation sites is 1. The topological polar surface area (TPSA) is 99.8 Å². The molecule has 0 saturated carbocycles. The number of rotatable bonds is 7. The van der Waals surface area contributed by atoms with E-state index in [0.717, 1.165) is 0 Å². The molecular formula is C18H20Cl2N4O3. The van der Waals surface area contributed by atoms with Crippen molar-refractivity contribution in [3.63, 3.8) is 0 Å². The number of hydrogen-bond acceptors (Lipinski definition) is 4. The van der Waals surface area contributed by atoms with Crippen molar-refractivity contribution < 1.29 is 10.0 Å². The zero-order chi connectivity index (χ0) is 19.8. The average molecular weight is 411 g/mol. The van der Waals surface area contributed by atoms with E-state index in [4.69, 9.17) is 23.2 Å². The van der Waals surface area contributed by atoms with Crippen LogP contribution in [0.1, 0.15) is 24.2 Å². The van der Waals surface area contributed by atoms with E-state index in [-0.39, 0.29) is 18.8 Å². The number of aliphatic imine (C=N–C) groups is 1. The molecule has 0 saturated heterocycles. The number of nitro benzene ring substituents is 1. The van der Waals surface area contributed by atoms with Crippen molar-refractivity contribution in [1.29, 1.82) is 0 Å². The van der Waals surface area contributed by atoms with Crippen LogP contribution in [-0.4, -0.2) is 29.1 Å². The summed E-state index contributed by atoms with van der Waals surface area (Å²) in [6.45, 7) is 2.79. The van der Waals surface area contributed by atoms with Crippen molar-refractivity contribution in [3.05, 3.63) is 73.8 Å². The highest BCUT2D eigenvalue weighted by Crippen LogP contribution is 2.23. The number of guanidine groups is 1. The van der Waals surface area contributed by atoms with Gasteiger partial charge in [-0.3, -0.25) is 10.1 Å².